The van der Waals surface area contributed by atoms with Gasteiger partial charge in [0.25, 0.3) is 11.8 Å². The molecule has 0 saturated heterocycles. The number of benzene rings is 2. The first-order chi connectivity index (χ1) is 17.6. The number of hydrogen-bond donors (Lipinski definition) is 2. The molecule has 0 aliphatic heterocycles. The van der Waals surface area contributed by atoms with E-state index < -0.39 is 23.6 Å². The maximum absolute atomic E-state index is 13.4. The van der Waals surface area contributed by atoms with Crippen molar-refractivity contribution in [1.29, 1.82) is 0 Å². The first-order valence-electron chi connectivity index (χ1n) is 11.8. The molecule has 2 aromatic carbocycles. The predicted octanol–water partition coefficient (Wildman–Crippen LogP) is 3.12. The highest BCUT2D eigenvalue weighted by Gasteiger charge is 2.32. The number of carbonyl (C=O) groups is 3. The molecule has 0 unspecified atom stereocenters. The molecule has 1 saturated carbocycles. The smallest absolute Gasteiger partial charge is 0.289 e. The summed E-state index contributed by atoms with van der Waals surface area (Å²) in [5, 5.41) is 10.1. The zero-order valence-corrected chi connectivity index (χ0v) is 19.5. The van der Waals surface area contributed by atoms with Crippen LogP contribution in [0, 0.1) is 0 Å². The summed E-state index contributed by atoms with van der Waals surface area (Å²) in [6.45, 7) is 0. The van der Waals surface area contributed by atoms with Gasteiger partial charge in [0.1, 0.15) is 6.04 Å². The summed E-state index contributed by atoms with van der Waals surface area (Å²) in [7, 11) is 0. The molecular weight excluding hydrogens is 454 g/mol. The highest BCUT2D eigenvalue weighted by molar-refractivity contribution is 6.38. The Bertz CT molecular complexity index is 1380. The van der Waals surface area contributed by atoms with Crippen LogP contribution < -0.4 is 10.6 Å². The van der Waals surface area contributed by atoms with Gasteiger partial charge in [-0.2, -0.15) is 5.10 Å². The lowest BCUT2D eigenvalue weighted by atomic mass is 10.0. The van der Waals surface area contributed by atoms with Gasteiger partial charge in [0.05, 0.1) is 11.3 Å². The number of nitrogens with one attached hydrogen (secondary N) is 2. The van der Waals surface area contributed by atoms with Crippen LogP contribution in [0.3, 0.4) is 0 Å². The number of Topliss-reactive ketones (excluding diaryl/α,β-unsaturated/α-hetero) is 1. The van der Waals surface area contributed by atoms with Crippen LogP contribution in [0.4, 0.5) is 0 Å². The molecule has 0 spiro atoms. The molecular formula is C28H25N5O3. The quantitative estimate of drug-likeness (QED) is 0.359. The third-order valence-electron chi connectivity index (χ3n) is 5.95. The Kier molecular flexibility index (Phi) is 6.66. The number of aromatic nitrogens is 3. The Balaban J connectivity index is 1.40. The minimum absolute atomic E-state index is 0.0399. The molecule has 8 nitrogen and oxygen atoms in total. The summed E-state index contributed by atoms with van der Waals surface area (Å²) in [5.74, 6) is -1.53. The maximum atomic E-state index is 13.4. The highest BCUT2D eigenvalue weighted by atomic mass is 16.2. The van der Waals surface area contributed by atoms with E-state index in [1.54, 1.807) is 24.5 Å². The number of nitrogens with zero attached hydrogens (tertiary/aromatic N) is 3. The number of rotatable bonds is 9. The van der Waals surface area contributed by atoms with Crippen molar-refractivity contribution in [3.8, 4) is 17.1 Å². The van der Waals surface area contributed by atoms with Crippen LogP contribution in [0.25, 0.3) is 17.1 Å². The minimum atomic E-state index is -1.02. The van der Waals surface area contributed by atoms with Gasteiger partial charge in [-0.25, -0.2) is 9.67 Å². The van der Waals surface area contributed by atoms with Crippen molar-refractivity contribution < 1.29 is 14.4 Å². The van der Waals surface area contributed by atoms with Crippen LogP contribution in [0.2, 0.25) is 0 Å². The zero-order valence-electron chi connectivity index (χ0n) is 19.5. The fourth-order valence-electron chi connectivity index (χ4n) is 3.90. The van der Waals surface area contributed by atoms with E-state index in [0.29, 0.717) is 5.82 Å². The van der Waals surface area contributed by atoms with Crippen LogP contribution in [-0.4, -0.2) is 44.4 Å². The summed E-state index contributed by atoms with van der Waals surface area (Å²) < 4.78 is 1.53. The summed E-state index contributed by atoms with van der Waals surface area (Å²) in [4.78, 5) is 43.3. The van der Waals surface area contributed by atoms with E-state index in [9.17, 15) is 14.4 Å². The second kappa shape index (κ2) is 10.4. The monoisotopic (exact) mass is 479 g/mol. The Morgan fingerprint density at radius 3 is 2.36 bits per heavy atom. The SMILES string of the molecule is O=C(NC1CC1)C(=O)[C@@H](Cc1ccccc1)NC(=O)c1cccnc1-n1ccc(-c2ccccc2)n1. The lowest BCUT2D eigenvalue weighted by Gasteiger charge is -2.18. The molecule has 2 heterocycles. The number of carbonyl (C=O) groups excluding carboxylic acids is 3. The normalized spacial score (nSPS) is 13.6. The van der Waals surface area contributed by atoms with E-state index in [1.807, 2.05) is 66.7 Å². The number of pyridine rings is 1. The van der Waals surface area contributed by atoms with E-state index in [-0.39, 0.29) is 18.0 Å². The third-order valence-corrected chi connectivity index (χ3v) is 5.95. The van der Waals surface area contributed by atoms with Crippen LogP contribution in [0.5, 0.6) is 0 Å². The molecule has 1 atom stereocenters. The largest absolute Gasteiger partial charge is 0.347 e. The molecule has 2 amide bonds. The molecule has 180 valence electrons. The number of ketones is 1. The Hall–Kier alpha value is -4.59. The molecule has 4 aromatic rings. The first-order valence-corrected chi connectivity index (χ1v) is 11.8. The van der Waals surface area contributed by atoms with E-state index in [2.05, 4.69) is 20.7 Å². The Morgan fingerprint density at radius 1 is 0.917 bits per heavy atom. The van der Waals surface area contributed by atoms with Gasteiger partial charge in [0.2, 0.25) is 5.78 Å². The van der Waals surface area contributed by atoms with Crippen LogP contribution in [-0.2, 0) is 16.0 Å². The predicted molar refractivity (Wildman–Crippen MR) is 134 cm³/mol. The van der Waals surface area contributed by atoms with E-state index in [0.717, 1.165) is 29.7 Å². The van der Waals surface area contributed by atoms with Gasteiger partial charge in [-0.3, -0.25) is 14.4 Å². The second-order valence-corrected chi connectivity index (χ2v) is 8.71. The van der Waals surface area contributed by atoms with Gasteiger partial charge < -0.3 is 10.6 Å². The van der Waals surface area contributed by atoms with Gasteiger partial charge >= 0.3 is 0 Å². The third kappa shape index (κ3) is 5.38. The average molecular weight is 480 g/mol. The fourth-order valence-corrected chi connectivity index (χ4v) is 3.90. The number of hydrogen-bond acceptors (Lipinski definition) is 5. The van der Waals surface area contributed by atoms with Gasteiger partial charge in [-0.05, 0) is 36.6 Å². The van der Waals surface area contributed by atoms with E-state index in [4.69, 9.17) is 0 Å². The lowest BCUT2D eigenvalue weighted by molar-refractivity contribution is -0.139. The van der Waals surface area contributed by atoms with Crippen molar-refractivity contribution in [2.75, 3.05) is 0 Å². The molecule has 5 rings (SSSR count). The molecule has 0 bridgehead atoms. The fraction of sp³-hybridized carbons (Fsp3) is 0.179. The van der Waals surface area contributed by atoms with Crippen LogP contribution in [0.1, 0.15) is 28.8 Å². The minimum Gasteiger partial charge on any atom is -0.347 e. The molecule has 1 fully saturated rings. The van der Waals surface area contributed by atoms with Crippen LogP contribution in [0.15, 0.2) is 91.3 Å². The molecule has 8 heteroatoms. The summed E-state index contributed by atoms with van der Waals surface area (Å²) in [6.07, 6.45) is 5.23. The Morgan fingerprint density at radius 2 is 1.64 bits per heavy atom. The molecule has 0 radical (unpaired) electrons. The van der Waals surface area contributed by atoms with Crippen molar-refractivity contribution in [3.63, 3.8) is 0 Å². The van der Waals surface area contributed by atoms with Gasteiger partial charge in [-0.1, -0.05) is 60.7 Å². The average Bonchev–Trinajstić information content (AvgIpc) is 3.60. The second-order valence-electron chi connectivity index (χ2n) is 8.71. The maximum Gasteiger partial charge on any atom is 0.289 e. The summed E-state index contributed by atoms with van der Waals surface area (Å²) in [5.41, 5.74) is 2.75. The van der Waals surface area contributed by atoms with Crippen molar-refractivity contribution >= 4 is 17.6 Å². The summed E-state index contributed by atoms with van der Waals surface area (Å²) >= 11 is 0. The number of amides is 2. The highest BCUT2D eigenvalue weighted by Crippen LogP contribution is 2.20. The molecule has 36 heavy (non-hydrogen) atoms. The molecule has 1 aliphatic carbocycles. The van der Waals surface area contributed by atoms with Crippen molar-refractivity contribution in [2.45, 2.75) is 31.3 Å². The molecule has 2 aromatic heterocycles. The molecule has 1 aliphatic rings. The van der Waals surface area contributed by atoms with Crippen molar-refractivity contribution in [1.82, 2.24) is 25.4 Å². The van der Waals surface area contributed by atoms with E-state index in [1.165, 1.54) is 4.68 Å². The van der Waals surface area contributed by atoms with Gasteiger partial charge in [0, 0.05) is 30.4 Å². The van der Waals surface area contributed by atoms with Crippen molar-refractivity contribution in [3.05, 3.63) is 102 Å². The molecule has 2 N–H and O–H groups in total. The van der Waals surface area contributed by atoms with E-state index >= 15 is 0 Å². The van der Waals surface area contributed by atoms with Crippen molar-refractivity contribution in [2.24, 2.45) is 0 Å². The summed E-state index contributed by atoms with van der Waals surface area (Å²) in [6, 6.07) is 23.1. The zero-order chi connectivity index (χ0) is 24.9. The lowest BCUT2D eigenvalue weighted by Crippen LogP contribution is -2.49. The van der Waals surface area contributed by atoms with Gasteiger partial charge in [0.15, 0.2) is 5.82 Å². The van der Waals surface area contributed by atoms with Gasteiger partial charge in [-0.15, -0.1) is 0 Å². The topological polar surface area (TPSA) is 106 Å². The van der Waals surface area contributed by atoms with Crippen LogP contribution >= 0.6 is 0 Å². The first kappa shape index (κ1) is 23.2. The standard InChI is InChI=1S/C28H25N5O3/c34-25(28(36)30-21-13-14-21)24(18-19-8-3-1-4-9-19)31-27(35)22-12-7-16-29-26(22)33-17-15-23(32-33)20-10-5-2-6-11-20/h1-12,15-17,21,24H,13-14,18H2,(H,30,36)(H,31,35)/t24-/m1/s1. The Labute approximate surface area is 208 Å².